The Kier molecular flexibility index (Phi) is 5.97. The summed E-state index contributed by atoms with van der Waals surface area (Å²) in [4.78, 5) is 6.26. The maximum atomic E-state index is 4.90. The van der Waals surface area contributed by atoms with E-state index in [0.717, 1.165) is 29.0 Å². The van der Waals surface area contributed by atoms with Crippen LogP contribution >= 0.6 is 27.3 Å². The Labute approximate surface area is 140 Å². The third-order valence-electron chi connectivity index (χ3n) is 3.34. The van der Waals surface area contributed by atoms with E-state index in [1.165, 1.54) is 21.7 Å². The van der Waals surface area contributed by atoms with Gasteiger partial charge in [-0.2, -0.15) is 0 Å². The van der Waals surface area contributed by atoms with Crippen LogP contribution < -0.4 is 5.32 Å². The number of benzene rings is 1. The van der Waals surface area contributed by atoms with E-state index < -0.39 is 0 Å². The van der Waals surface area contributed by atoms with E-state index >= 15 is 0 Å². The highest BCUT2D eigenvalue weighted by atomic mass is 79.9. The summed E-state index contributed by atoms with van der Waals surface area (Å²) in [5.41, 5.74) is 3.68. The summed E-state index contributed by atoms with van der Waals surface area (Å²) in [7, 11) is 0. The lowest BCUT2D eigenvalue weighted by Crippen LogP contribution is -2.14. The molecule has 0 atom stereocenters. The van der Waals surface area contributed by atoms with Gasteiger partial charge in [0.1, 0.15) is 5.01 Å². The first-order valence-corrected chi connectivity index (χ1v) is 9.10. The molecule has 1 aromatic carbocycles. The van der Waals surface area contributed by atoms with Gasteiger partial charge in [0.05, 0.1) is 5.69 Å². The van der Waals surface area contributed by atoms with Crippen LogP contribution in [0.15, 0.2) is 22.7 Å². The van der Waals surface area contributed by atoms with Gasteiger partial charge in [0.25, 0.3) is 0 Å². The molecule has 0 unspecified atom stereocenters. The van der Waals surface area contributed by atoms with Crippen LogP contribution in [-0.2, 0) is 6.54 Å². The van der Waals surface area contributed by atoms with Crippen LogP contribution in [0.5, 0.6) is 0 Å². The summed E-state index contributed by atoms with van der Waals surface area (Å²) in [6.45, 7) is 10.7. The number of aromatic nitrogens is 1. The molecule has 0 aliphatic heterocycles. The van der Waals surface area contributed by atoms with E-state index in [4.69, 9.17) is 4.98 Å². The lowest BCUT2D eigenvalue weighted by Gasteiger charge is -2.05. The molecule has 4 heteroatoms. The first-order valence-electron chi connectivity index (χ1n) is 7.49. The SMILES string of the molecule is CCCNCc1sc(-c2ccc(C)cc2Br)nc1C(C)C. The van der Waals surface area contributed by atoms with Crippen molar-refractivity contribution in [2.75, 3.05) is 6.54 Å². The molecule has 0 spiro atoms. The average Bonchev–Trinajstić information content (AvgIpc) is 2.83. The molecule has 1 N–H and O–H groups in total. The number of thiazole rings is 1. The second kappa shape index (κ2) is 7.52. The molecule has 2 nitrogen and oxygen atoms in total. The van der Waals surface area contributed by atoms with Gasteiger partial charge in [-0.3, -0.25) is 0 Å². The summed E-state index contributed by atoms with van der Waals surface area (Å²) in [6.07, 6.45) is 1.16. The number of aryl methyl sites for hydroxylation is 1. The van der Waals surface area contributed by atoms with Crippen LogP contribution in [0.25, 0.3) is 10.6 Å². The van der Waals surface area contributed by atoms with Crippen molar-refractivity contribution in [2.45, 2.75) is 46.6 Å². The molecule has 0 radical (unpaired) electrons. The van der Waals surface area contributed by atoms with Crippen LogP contribution in [-0.4, -0.2) is 11.5 Å². The van der Waals surface area contributed by atoms with Crippen LogP contribution in [0.2, 0.25) is 0 Å². The highest BCUT2D eigenvalue weighted by Gasteiger charge is 2.16. The molecule has 0 bridgehead atoms. The van der Waals surface area contributed by atoms with Gasteiger partial charge >= 0.3 is 0 Å². The number of rotatable bonds is 6. The number of hydrogen-bond donors (Lipinski definition) is 1. The van der Waals surface area contributed by atoms with Crippen molar-refractivity contribution >= 4 is 27.3 Å². The largest absolute Gasteiger partial charge is 0.312 e. The fraction of sp³-hybridized carbons (Fsp3) is 0.471. The van der Waals surface area contributed by atoms with Gasteiger partial charge in [-0.05, 0) is 37.4 Å². The van der Waals surface area contributed by atoms with Gasteiger partial charge in [-0.1, -0.05) is 48.8 Å². The van der Waals surface area contributed by atoms with E-state index in [1.54, 1.807) is 0 Å². The fourth-order valence-corrected chi connectivity index (χ4v) is 4.27. The van der Waals surface area contributed by atoms with Gasteiger partial charge < -0.3 is 5.32 Å². The van der Waals surface area contributed by atoms with Gasteiger partial charge in [0, 0.05) is 21.5 Å². The van der Waals surface area contributed by atoms with Gasteiger partial charge in [0.2, 0.25) is 0 Å². The molecule has 2 rings (SSSR count). The Morgan fingerprint density at radius 3 is 2.71 bits per heavy atom. The summed E-state index contributed by atoms with van der Waals surface area (Å²) in [5, 5.41) is 4.60. The first-order chi connectivity index (χ1) is 10.0. The second-order valence-electron chi connectivity index (χ2n) is 5.64. The maximum absolute atomic E-state index is 4.90. The molecule has 1 heterocycles. The van der Waals surface area contributed by atoms with Gasteiger partial charge in [0.15, 0.2) is 0 Å². The Balaban J connectivity index is 2.34. The summed E-state index contributed by atoms with van der Waals surface area (Å²) >= 11 is 5.48. The van der Waals surface area contributed by atoms with Gasteiger partial charge in [-0.25, -0.2) is 4.98 Å². The van der Waals surface area contributed by atoms with Crippen molar-refractivity contribution in [3.63, 3.8) is 0 Å². The first kappa shape index (κ1) is 16.7. The molecular formula is C17H23BrN2S. The number of nitrogens with zero attached hydrogens (tertiary/aromatic N) is 1. The van der Waals surface area contributed by atoms with E-state index in [2.05, 4.69) is 67.1 Å². The quantitative estimate of drug-likeness (QED) is 0.682. The molecule has 1 aromatic heterocycles. The molecule has 0 aliphatic carbocycles. The van der Waals surface area contributed by atoms with Crippen LogP contribution in [0.3, 0.4) is 0 Å². The third kappa shape index (κ3) is 4.15. The third-order valence-corrected chi connectivity index (χ3v) is 5.10. The predicted octanol–water partition coefficient (Wildman–Crippen LogP) is 5.50. The number of nitrogens with one attached hydrogen (secondary N) is 1. The fourth-order valence-electron chi connectivity index (χ4n) is 2.23. The Bertz CT molecular complexity index is 605. The van der Waals surface area contributed by atoms with Crippen molar-refractivity contribution in [1.29, 1.82) is 0 Å². The molecule has 2 aromatic rings. The molecule has 21 heavy (non-hydrogen) atoms. The topological polar surface area (TPSA) is 24.9 Å². The number of hydrogen-bond acceptors (Lipinski definition) is 3. The van der Waals surface area contributed by atoms with Crippen LogP contribution in [0.1, 0.15) is 49.2 Å². The normalized spacial score (nSPS) is 11.3. The van der Waals surface area contributed by atoms with Crippen molar-refractivity contribution in [2.24, 2.45) is 0 Å². The summed E-state index contributed by atoms with van der Waals surface area (Å²) < 4.78 is 1.12. The molecule has 0 amide bonds. The minimum absolute atomic E-state index is 0.456. The molecule has 0 fully saturated rings. The molecule has 114 valence electrons. The molecule has 0 saturated heterocycles. The Hall–Kier alpha value is -0.710. The van der Waals surface area contributed by atoms with E-state index in [9.17, 15) is 0 Å². The van der Waals surface area contributed by atoms with Crippen molar-refractivity contribution in [3.05, 3.63) is 38.8 Å². The molecule has 0 saturated carbocycles. The predicted molar refractivity (Wildman–Crippen MR) is 96.1 cm³/mol. The van der Waals surface area contributed by atoms with Crippen LogP contribution in [0.4, 0.5) is 0 Å². The minimum Gasteiger partial charge on any atom is -0.312 e. The van der Waals surface area contributed by atoms with E-state index in [0.29, 0.717) is 5.92 Å². The maximum Gasteiger partial charge on any atom is 0.125 e. The van der Waals surface area contributed by atoms with E-state index in [-0.39, 0.29) is 0 Å². The molecule has 0 aliphatic rings. The number of halogens is 1. The Morgan fingerprint density at radius 1 is 1.33 bits per heavy atom. The molecular weight excluding hydrogens is 344 g/mol. The van der Waals surface area contributed by atoms with Crippen molar-refractivity contribution in [1.82, 2.24) is 10.3 Å². The Morgan fingerprint density at radius 2 is 2.10 bits per heavy atom. The standard InChI is InChI=1S/C17H23BrN2S/c1-5-8-19-10-15-16(11(2)3)20-17(21-15)13-7-6-12(4)9-14(13)18/h6-7,9,11,19H,5,8,10H2,1-4H3. The van der Waals surface area contributed by atoms with Crippen molar-refractivity contribution in [3.8, 4) is 10.6 Å². The highest BCUT2D eigenvalue weighted by Crippen LogP contribution is 2.35. The minimum atomic E-state index is 0.456. The zero-order valence-electron chi connectivity index (χ0n) is 13.2. The smallest absolute Gasteiger partial charge is 0.125 e. The van der Waals surface area contributed by atoms with Crippen molar-refractivity contribution < 1.29 is 0 Å². The van der Waals surface area contributed by atoms with Gasteiger partial charge in [-0.15, -0.1) is 11.3 Å². The summed E-state index contributed by atoms with van der Waals surface area (Å²) in [5.74, 6) is 0.456. The summed E-state index contributed by atoms with van der Waals surface area (Å²) in [6, 6.07) is 6.46. The highest BCUT2D eigenvalue weighted by molar-refractivity contribution is 9.10. The lowest BCUT2D eigenvalue weighted by atomic mass is 10.1. The zero-order chi connectivity index (χ0) is 15.4. The second-order valence-corrected chi connectivity index (χ2v) is 7.58. The average molecular weight is 367 g/mol. The zero-order valence-corrected chi connectivity index (χ0v) is 15.6. The monoisotopic (exact) mass is 366 g/mol. The van der Waals surface area contributed by atoms with E-state index in [1.807, 2.05) is 11.3 Å². The lowest BCUT2D eigenvalue weighted by molar-refractivity contribution is 0.670. The van der Waals surface area contributed by atoms with Crippen LogP contribution in [0, 0.1) is 6.92 Å².